The van der Waals surface area contributed by atoms with Gasteiger partial charge in [0.1, 0.15) is 4.21 Å². The average Bonchev–Trinajstić information content (AvgIpc) is 2.88. The summed E-state index contributed by atoms with van der Waals surface area (Å²) in [4.78, 5) is 0. The second-order valence-corrected chi connectivity index (χ2v) is 7.08. The van der Waals surface area contributed by atoms with Crippen LogP contribution in [0.15, 0.2) is 34.4 Å². The predicted octanol–water partition coefficient (Wildman–Crippen LogP) is 1.99. The lowest BCUT2D eigenvalue weighted by Crippen LogP contribution is -2.46. The summed E-state index contributed by atoms with van der Waals surface area (Å²) in [7, 11) is -3.57. The van der Waals surface area contributed by atoms with E-state index in [0.29, 0.717) is 0 Å². The Labute approximate surface area is 112 Å². The number of sulfonamides is 1. The molecule has 1 unspecified atom stereocenters. The third-order valence-electron chi connectivity index (χ3n) is 2.92. The molecule has 4 nitrogen and oxygen atoms in total. The maximum absolute atomic E-state index is 12.1. The highest BCUT2D eigenvalue weighted by atomic mass is 32.2. The monoisotopic (exact) mass is 289 g/mol. The van der Waals surface area contributed by atoms with Crippen LogP contribution in [0, 0.1) is 5.92 Å². The van der Waals surface area contributed by atoms with Crippen LogP contribution in [0.4, 0.5) is 0 Å². The number of aliphatic hydroxyl groups is 1. The van der Waals surface area contributed by atoms with Crippen LogP contribution in [0.3, 0.4) is 0 Å². The van der Waals surface area contributed by atoms with Gasteiger partial charge in [-0.25, -0.2) is 13.1 Å². The molecule has 1 aromatic rings. The standard InChI is InChI=1S/C12H19NO3S2/c1-4-9(3)12(10(14)5-2)13-18(15,16)11-7-6-8-17-11/h5-10,12-14H,2,4H2,1,3H3/t9-,10+,12?/m0/s1. The molecule has 0 saturated heterocycles. The van der Waals surface area contributed by atoms with E-state index in [-0.39, 0.29) is 10.1 Å². The van der Waals surface area contributed by atoms with Crippen molar-refractivity contribution in [2.45, 2.75) is 36.6 Å². The van der Waals surface area contributed by atoms with Gasteiger partial charge in [0.15, 0.2) is 0 Å². The van der Waals surface area contributed by atoms with Gasteiger partial charge in [0, 0.05) is 0 Å². The first-order valence-electron chi connectivity index (χ1n) is 5.78. The predicted molar refractivity (Wildman–Crippen MR) is 74.1 cm³/mol. The van der Waals surface area contributed by atoms with Crippen LogP contribution >= 0.6 is 11.3 Å². The molecule has 102 valence electrons. The zero-order chi connectivity index (χ0) is 13.8. The Kier molecular flexibility index (Phi) is 5.52. The van der Waals surface area contributed by atoms with Crippen LogP contribution in [-0.4, -0.2) is 25.7 Å². The first-order chi connectivity index (χ1) is 8.42. The lowest BCUT2D eigenvalue weighted by atomic mass is 9.95. The molecular weight excluding hydrogens is 270 g/mol. The maximum atomic E-state index is 12.1. The van der Waals surface area contributed by atoms with Gasteiger partial charge in [0.05, 0.1) is 12.1 Å². The highest BCUT2D eigenvalue weighted by Crippen LogP contribution is 2.19. The molecule has 0 saturated carbocycles. The summed E-state index contributed by atoms with van der Waals surface area (Å²) in [6.07, 6.45) is 1.23. The molecule has 0 spiro atoms. The fourth-order valence-corrected chi connectivity index (χ4v) is 3.95. The van der Waals surface area contributed by atoms with E-state index in [1.807, 2.05) is 13.8 Å². The van der Waals surface area contributed by atoms with E-state index in [0.717, 1.165) is 17.8 Å². The van der Waals surface area contributed by atoms with Gasteiger partial charge in [-0.15, -0.1) is 17.9 Å². The molecule has 0 aliphatic rings. The molecule has 1 heterocycles. The topological polar surface area (TPSA) is 66.4 Å². The van der Waals surface area contributed by atoms with Gasteiger partial charge in [-0.1, -0.05) is 32.4 Å². The highest BCUT2D eigenvalue weighted by molar-refractivity contribution is 7.91. The smallest absolute Gasteiger partial charge is 0.250 e. The van der Waals surface area contributed by atoms with Crippen LogP contribution in [0.25, 0.3) is 0 Å². The molecule has 0 aromatic carbocycles. The summed E-state index contributed by atoms with van der Waals surface area (Å²) in [5.74, 6) is 0.0211. The normalized spacial score (nSPS) is 17.1. The zero-order valence-corrected chi connectivity index (χ0v) is 12.2. The van der Waals surface area contributed by atoms with Crippen molar-refractivity contribution in [2.75, 3.05) is 0 Å². The first kappa shape index (κ1) is 15.4. The molecule has 1 aromatic heterocycles. The van der Waals surface area contributed by atoms with Crippen molar-refractivity contribution in [3.8, 4) is 0 Å². The number of hydrogen-bond donors (Lipinski definition) is 2. The van der Waals surface area contributed by atoms with Gasteiger partial charge in [-0.05, 0) is 17.4 Å². The van der Waals surface area contributed by atoms with Gasteiger partial charge in [-0.2, -0.15) is 0 Å². The number of nitrogens with one attached hydrogen (secondary N) is 1. The van der Waals surface area contributed by atoms with E-state index >= 15 is 0 Å². The Morgan fingerprint density at radius 1 is 1.61 bits per heavy atom. The Bertz CT molecular complexity index is 468. The van der Waals surface area contributed by atoms with Gasteiger partial charge < -0.3 is 5.11 Å². The molecule has 1 rings (SSSR count). The van der Waals surface area contributed by atoms with Crippen LogP contribution in [0.5, 0.6) is 0 Å². The quantitative estimate of drug-likeness (QED) is 0.754. The molecule has 0 radical (unpaired) electrons. The largest absolute Gasteiger partial charge is 0.387 e. The van der Waals surface area contributed by atoms with Crippen LogP contribution in [-0.2, 0) is 10.0 Å². The second-order valence-electron chi connectivity index (χ2n) is 4.19. The summed E-state index contributed by atoms with van der Waals surface area (Å²) in [6.45, 7) is 7.36. The van der Waals surface area contributed by atoms with Crippen molar-refractivity contribution in [1.29, 1.82) is 0 Å². The third kappa shape index (κ3) is 3.65. The summed E-state index contributed by atoms with van der Waals surface area (Å²) in [5, 5.41) is 11.5. The molecule has 0 aliphatic heterocycles. The van der Waals surface area contributed by atoms with Crippen LogP contribution in [0.1, 0.15) is 20.3 Å². The summed E-state index contributed by atoms with van der Waals surface area (Å²) in [5.41, 5.74) is 0. The molecular formula is C12H19NO3S2. The minimum Gasteiger partial charge on any atom is -0.387 e. The van der Waals surface area contributed by atoms with E-state index < -0.39 is 22.2 Å². The highest BCUT2D eigenvalue weighted by Gasteiger charge is 2.28. The van der Waals surface area contributed by atoms with E-state index in [1.165, 1.54) is 6.08 Å². The zero-order valence-electron chi connectivity index (χ0n) is 10.5. The summed E-state index contributed by atoms with van der Waals surface area (Å²) < 4.78 is 27.0. The average molecular weight is 289 g/mol. The van der Waals surface area contributed by atoms with Crippen molar-refractivity contribution in [3.63, 3.8) is 0 Å². The number of thiophene rings is 1. The van der Waals surface area contributed by atoms with Crippen molar-refractivity contribution < 1.29 is 13.5 Å². The molecule has 3 atom stereocenters. The Morgan fingerprint density at radius 3 is 2.72 bits per heavy atom. The number of rotatable bonds is 7. The SMILES string of the molecule is C=C[C@@H](O)C(NS(=O)(=O)c1cccs1)[C@@H](C)CC. The number of hydrogen-bond acceptors (Lipinski definition) is 4. The van der Waals surface area contributed by atoms with E-state index in [4.69, 9.17) is 0 Å². The maximum Gasteiger partial charge on any atom is 0.250 e. The molecule has 0 bridgehead atoms. The molecule has 0 amide bonds. The molecule has 0 aliphatic carbocycles. The Morgan fingerprint density at radius 2 is 2.28 bits per heavy atom. The van der Waals surface area contributed by atoms with Gasteiger partial charge in [0.2, 0.25) is 10.0 Å². The van der Waals surface area contributed by atoms with Crippen molar-refractivity contribution in [3.05, 3.63) is 30.2 Å². The third-order valence-corrected chi connectivity index (χ3v) is 5.77. The van der Waals surface area contributed by atoms with Crippen LogP contribution in [0.2, 0.25) is 0 Å². The Balaban J connectivity index is 2.93. The van der Waals surface area contributed by atoms with Crippen molar-refractivity contribution in [1.82, 2.24) is 4.72 Å². The van der Waals surface area contributed by atoms with E-state index in [9.17, 15) is 13.5 Å². The minimum absolute atomic E-state index is 0.0211. The molecule has 2 N–H and O–H groups in total. The molecule has 18 heavy (non-hydrogen) atoms. The summed E-state index contributed by atoms with van der Waals surface area (Å²) in [6, 6.07) is 2.67. The van der Waals surface area contributed by atoms with Crippen molar-refractivity contribution in [2.24, 2.45) is 5.92 Å². The number of aliphatic hydroxyl groups excluding tert-OH is 1. The molecule has 0 fully saturated rings. The lowest BCUT2D eigenvalue weighted by molar-refractivity contribution is 0.153. The minimum atomic E-state index is -3.57. The second kappa shape index (κ2) is 6.47. The Hall–Kier alpha value is -0.690. The lowest BCUT2D eigenvalue weighted by Gasteiger charge is -2.26. The van der Waals surface area contributed by atoms with E-state index in [1.54, 1.807) is 17.5 Å². The van der Waals surface area contributed by atoms with Crippen molar-refractivity contribution >= 4 is 21.4 Å². The van der Waals surface area contributed by atoms with Gasteiger partial charge in [0.25, 0.3) is 0 Å². The fraction of sp³-hybridized carbons (Fsp3) is 0.500. The van der Waals surface area contributed by atoms with Gasteiger partial charge in [-0.3, -0.25) is 0 Å². The fourth-order valence-electron chi connectivity index (χ4n) is 1.58. The van der Waals surface area contributed by atoms with Gasteiger partial charge >= 0.3 is 0 Å². The van der Waals surface area contributed by atoms with E-state index in [2.05, 4.69) is 11.3 Å². The molecule has 6 heteroatoms. The first-order valence-corrected chi connectivity index (χ1v) is 8.15. The summed E-state index contributed by atoms with van der Waals surface area (Å²) >= 11 is 1.15. The van der Waals surface area contributed by atoms with Crippen LogP contribution < -0.4 is 4.72 Å².